The lowest BCUT2D eigenvalue weighted by atomic mass is 9.67. The molecule has 0 unspecified atom stereocenters. The number of Topliss-reactive ketones (excluding diaryl/α,β-unsaturated/α-hetero) is 2. The third-order valence-corrected chi connectivity index (χ3v) is 3.83. The van der Waals surface area contributed by atoms with E-state index in [0.29, 0.717) is 11.3 Å². The van der Waals surface area contributed by atoms with Gasteiger partial charge in [-0.05, 0) is 32.3 Å². The van der Waals surface area contributed by atoms with Crippen molar-refractivity contribution in [2.45, 2.75) is 52.4 Å². The van der Waals surface area contributed by atoms with Crippen molar-refractivity contribution in [2.75, 3.05) is 0 Å². The van der Waals surface area contributed by atoms with Gasteiger partial charge in [0, 0.05) is 12.1 Å². The Morgan fingerprint density at radius 1 is 1.18 bits per heavy atom. The Bertz CT molecular complexity index is 362. The Kier molecular flexibility index (Phi) is 4.38. The summed E-state index contributed by atoms with van der Waals surface area (Å²) in [6, 6.07) is 0. The monoisotopic (exact) mass is 235 g/mol. The topological polar surface area (TPSA) is 58.0 Å². The quantitative estimate of drug-likeness (QED) is 0.588. The fraction of sp³-hybridized carbons (Fsp3) is 0.643. The second kappa shape index (κ2) is 5.39. The fourth-order valence-corrected chi connectivity index (χ4v) is 2.51. The number of allylic oxidation sites excluding steroid dienone is 1. The first kappa shape index (κ1) is 13.8. The van der Waals surface area contributed by atoms with Crippen LogP contribution in [0.4, 0.5) is 0 Å². The largest absolute Gasteiger partial charge is 0.309 e. The summed E-state index contributed by atoms with van der Waals surface area (Å²) in [7, 11) is 0. The van der Waals surface area contributed by atoms with E-state index < -0.39 is 5.41 Å². The van der Waals surface area contributed by atoms with Crippen molar-refractivity contribution in [2.24, 2.45) is 5.41 Å². The molecule has 0 amide bonds. The van der Waals surface area contributed by atoms with E-state index in [0.717, 1.165) is 32.1 Å². The number of ketones is 2. The van der Waals surface area contributed by atoms with Crippen LogP contribution in [0.1, 0.15) is 52.4 Å². The molecule has 17 heavy (non-hydrogen) atoms. The van der Waals surface area contributed by atoms with Crippen molar-refractivity contribution in [1.82, 2.24) is 0 Å². The molecule has 1 N–H and O–H groups in total. The summed E-state index contributed by atoms with van der Waals surface area (Å²) < 4.78 is 0. The van der Waals surface area contributed by atoms with E-state index in [2.05, 4.69) is 6.58 Å². The maximum atomic E-state index is 12.3. The molecule has 0 aromatic rings. The zero-order valence-electron chi connectivity index (χ0n) is 10.8. The van der Waals surface area contributed by atoms with E-state index >= 15 is 0 Å². The minimum absolute atomic E-state index is 0.00454. The van der Waals surface area contributed by atoms with Crippen molar-refractivity contribution in [1.29, 1.82) is 5.41 Å². The number of hydrogen-bond donors (Lipinski definition) is 1. The number of carbonyl (C=O) groups is 2. The Morgan fingerprint density at radius 2 is 1.71 bits per heavy atom. The zero-order valence-corrected chi connectivity index (χ0v) is 10.8. The minimum atomic E-state index is -0.614. The van der Waals surface area contributed by atoms with Crippen LogP contribution in [-0.4, -0.2) is 17.3 Å². The lowest BCUT2D eigenvalue weighted by molar-refractivity contribution is -0.127. The molecule has 1 saturated carbocycles. The summed E-state index contributed by atoms with van der Waals surface area (Å²) in [4.78, 5) is 23.5. The van der Waals surface area contributed by atoms with Gasteiger partial charge in [-0.2, -0.15) is 0 Å². The molecule has 0 aliphatic heterocycles. The fourth-order valence-electron chi connectivity index (χ4n) is 2.51. The summed E-state index contributed by atoms with van der Waals surface area (Å²) in [6.45, 7) is 6.78. The Balaban J connectivity index is 2.84. The second-order valence-corrected chi connectivity index (χ2v) is 5.03. The van der Waals surface area contributed by atoms with Crippen molar-refractivity contribution in [3.05, 3.63) is 12.2 Å². The number of nitrogens with one attached hydrogen (secondary N) is 1. The highest BCUT2D eigenvalue weighted by molar-refractivity contribution is 6.10. The van der Waals surface area contributed by atoms with Crippen LogP contribution in [0.2, 0.25) is 0 Å². The Hall–Kier alpha value is -1.25. The third-order valence-electron chi connectivity index (χ3n) is 3.83. The lowest BCUT2D eigenvalue weighted by Gasteiger charge is -2.35. The van der Waals surface area contributed by atoms with Crippen molar-refractivity contribution >= 4 is 17.3 Å². The molecule has 0 saturated heterocycles. The van der Waals surface area contributed by atoms with Crippen LogP contribution >= 0.6 is 0 Å². The molecule has 1 aliphatic rings. The van der Waals surface area contributed by atoms with Crippen LogP contribution < -0.4 is 0 Å². The first-order valence-electron chi connectivity index (χ1n) is 6.18. The molecular weight excluding hydrogens is 214 g/mol. The molecule has 94 valence electrons. The Morgan fingerprint density at radius 3 is 2.12 bits per heavy atom. The van der Waals surface area contributed by atoms with E-state index in [1.54, 1.807) is 6.92 Å². The lowest BCUT2D eigenvalue weighted by Crippen LogP contribution is -2.39. The third kappa shape index (κ3) is 2.90. The van der Waals surface area contributed by atoms with Crippen LogP contribution in [0.25, 0.3) is 0 Å². The predicted molar refractivity (Wildman–Crippen MR) is 68.4 cm³/mol. The average Bonchev–Trinajstić information content (AvgIpc) is 2.29. The standard InChI is InChI=1S/C14H21NO2/c1-10(11(2)16)9-13(17)14(12(3)15)7-5-4-6-8-14/h15H,1,4-9H2,2-3H3. The van der Waals surface area contributed by atoms with Gasteiger partial charge in [-0.1, -0.05) is 25.8 Å². The molecule has 0 aromatic heterocycles. The molecule has 0 atom stereocenters. The highest BCUT2D eigenvalue weighted by Crippen LogP contribution is 2.39. The molecule has 1 rings (SSSR count). The van der Waals surface area contributed by atoms with Gasteiger partial charge in [-0.25, -0.2) is 0 Å². The molecule has 0 spiro atoms. The first-order chi connectivity index (χ1) is 7.90. The molecule has 0 bridgehead atoms. The number of rotatable bonds is 5. The van der Waals surface area contributed by atoms with Gasteiger partial charge in [0.2, 0.25) is 0 Å². The molecule has 1 aliphatic carbocycles. The second-order valence-electron chi connectivity index (χ2n) is 5.03. The van der Waals surface area contributed by atoms with Crippen molar-refractivity contribution < 1.29 is 9.59 Å². The van der Waals surface area contributed by atoms with Gasteiger partial charge in [0.05, 0.1) is 5.41 Å². The van der Waals surface area contributed by atoms with E-state index in [-0.39, 0.29) is 18.0 Å². The van der Waals surface area contributed by atoms with E-state index in [1.165, 1.54) is 6.92 Å². The molecule has 0 aromatic carbocycles. The smallest absolute Gasteiger partial charge is 0.155 e. The van der Waals surface area contributed by atoms with Crippen molar-refractivity contribution in [3.8, 4) is 0 Å². The first-order valence-corrected chi connectivity index (χ1v) is 6.18. The normalized spacial score (nSPS) is 18.5. The predicted octanol–water partition coefficient (Wildman–Crippen LogP) is 3.08. The van der Waals surface area contributed by atoms with Gasteiger partial charge in [0.25, 0.3) is 0 Å². The van der Waals surface area contributed by atoms with E-state index in [4.69, 9.17) is 5.41 Å². The number of hydrogen-bond acceptors (Lipinski definition) is 3. The van der Waals surface area contributed by atoms with Crippen LogP contribution in [0.5, 0.6) is 0 Å². The summed E-state index contributed by atoms with van der Waals surface area (Å²) in [5.74, 6) is -0.128. The summed E-state index contributed by atoms with van der Waals surface area (Å²) in [5, 5.41) is 7.88. The van der Waals surface area contributed by atoms with Gasteiger partial charge in [-0.15, -0.1) is 0 Å². The van der Waals surface area contributed by atoms with E-state index in [1.807, 2.05) is 0 Å². The number of carbonyl (C=O) groups excluding carboxylic acids is 2. The summed E-state index contributed by atoms with van der Waals surface area (Å²) in [6.07, 6.45) is 4.74. The highest BCUT2D eigenvalue weighted by Gasteiger charge is 2.41. The minimum Gasteiger partial charge on any atom is -0.309 e. The molecule has 3 heteroatoms. The molecule has 1 fully saturated rings. The van der Waals surface area contributed by atoms with Crippen LogP contribution in [-0.2, 0) is 9.59 Å². The molecule has 0 radical (unpaired) electrons. The average molecular weight is 235 g/mol. The molecule has 0 heterocycles. The van der Waals surface area contributed by atoms with Gasteiger partial charge in [0.15, 0.2) is 5.78 Å². The highest BCUT2D eigenvalue weighted by atomic mass is 16.1. The maximum Gasteiger partial charge on any atom is 0.155 e. The van der Waals surface area contributed by atoms with Gasteiger partial charge in [0.1, 0.15) is 5.78 Å². The molecular formula is C14H21NO2. The summed E-state index contributed by atoms with van der Waals surface area (Å²) >= 11 is 0. The van der Waals surface area contributed by atoms with Gasteiger partial charge >= 0.3 is 0 Å². The van der Waals surface area contributed by atoms with Gasteiger partial charge in [-0.3, -0.25) is 9.59 Å². The Labute approximate surface area is 103 Å². The zero-order chi connectivity index (χ0) is 13.1. The SMILES string of the molecule is C=C(CC(=O)C1(C(C)=N)CCCCC1)C(C)=O. The maximum absolute atomic E-state index is 12.3. The van der Waals surface area contributed by atoms with Crippen molar-refractivity contribution in [3.63, 3.8) is 0 Å². The summed E-state index contributed by atoms with van der Waals surface area (Å²) in [5.41, 5.74) is 0.191. The van der Waals surface area contributed by atoms with E-state index in [9.17, 15) is 9.59 Å². The van der Waals surface area contributed by atoms with Crippen LogP contribution in [0.3, 0.4) is 0 Å². The van der Waals surface area contributed by atoms with Crippen LogP contribution in [0.15, 0.2) is 12.2 Å². The van der Waals surface area contributed by atoms with Gasteiger partial charge < -0.3 is 5.41 Å². The molecule has 3 nitrogen and oxygen atoms in total. The van der Waals surface area contributed by atoms with Crippen LogP contribution in [0, 0.1) is 10.8 Å².